The lowest BCUT2D eigenvalue weighted by molar-refractivity contribution is -0.138. The zero-order valence-corrected chi connectivity index (χ0v) is 14.9. The first-order valence-electron chi connectivity index (χ1n) is 8.97. The van der Waals surface area contributed by atoms with Gasteiger partial charge >= 0.3 is 0 Å². The molecule has 1 unspecified atom stereocenters. The summed E-state index contributed by atoms with van der Waals surface area (Å²) in [5.74, 6) is 1.54. The zero-order chi connectivity index (χ0) is 16.2. The summed E-state index contributed by atoms with van der Waals surface area (Å²) in [6.07, 6.45) is 8.77. The second kappa shape index (κ2) is 7.80. The monoisotopic (exact) mass is 329 g/mol. The molecule has 1 amide bonds. The van der Waals surface area contributed by atoms with Crippen molar-refractivity contribution >= 4 is 15.7 Å². The highest BCUT2D eigenvalue weighted by atomic mass is 32.2. The van der Waals surface area contributed by atoms with Crippen molar-refractivity contribution in [1.82, 2.24) is 4.90 Å². The van der Waals surface area contributed by atoms with Crippen LogP contribution in [0.25, 0.3) is 0 Å². The van der Waals surface area contributed by atoms with Crippen molar-refractivity contribution in [2.75, 3.05) is 18.1 Å². The molecule has 0 aromatic rings. The highest BCUT2D eigenvalue weighted by Gasteiger charge is 2.37. The van der Waals surface area contributed by atoms with Gasteiger partial charge < -0.3 is 4.90 Å². The van der Waals surface area contributed by atoms with E-state index in [2.05, 4.69) is 6.92 Å². The van der Waals surface area contributed by atoms with E-state index in [1.807, 2.05) is 11.8 Å². The fourth-order valence-corrected chi connectivity index (χ4v) is 5.77. The van der Waals surface area contributed by atoms with E-state index >= 15 is 0 Å². The number of unbranched alkanes of at least 4 members (excludes halogenated alkanes) is 1. The topological polar surface area (TPSA) is 54.5 Å². The fraction of sp³-hybridized carbons (Fsp3) is 0.941. The van der Waals surface area contributed by atoms with Crippen LogP contribution in [-0.2, 0) is 14.6 Å². The van der Waals surface area contributed by atoms with Crippen LogP contribution in [0, 0.1) is 11.8 Å². The lowest BCUT2D eigenvalue weighted by Crippen LogP contribution is -2.44. The predicted octanol–water partition coefficient (Wildman–Crippen LogP) is 3.02. The Bertz CT molecular complexity index is 466. The summed E-state index contributed by atoms with van der Waals surface area (Å²) in [5.41, 5.74) is 0. The highest BCUT2D eigenvalue weighted by Crippen LogP contribution is 2.33. The molecule has 1 aliphatic carbocycles. The van der Waals surface area contributed by atoms with Gasteiger partial charge in [-0.2, -0.15) is 0 Å². The minimum absolute atomic E-state index is 0.0830. The van der Waals surface area contributed by atoms with Gasteiger partial charge in [0.1, 0.15) is 0 Å². The second-order valence-corrected chi connectivity index (χ2v) is 9.27. The third-order valence-corrected chi connectivity index (χ3v) is 7.19. The summed E-state index contributed by atoms with van der Waals surface area (Å²) in [5, 5.41) is 0. The Kier molecular flexibility index (Phi) is 6.30. The molecule has 2 rings (SSSR count). The van der Waals surface area contributed by atoms with Gasteiger partial charge in [0.25, 0.3) is 0 Å². The number of carbonyl (C=O) groups is 1. The number of hydrogen-bond donors (Lipinski definition) is 0. The van der Waals surface area contributed by atoms with Crippen LogP contribution >= 0.6 is 0 Å². The Morgan fingerprint density at radius 1 is 1.09 bits per heavy atom. The van der Waals surface area contributed by atoms with Crippen molar-refractivity contribution in [1.29, 1.82) is 0 Å². The van der Waals surface area contributed by atoms with Crippen LogP contribution in [0.5, 0.6) is 0 Å². The number of amides is 1. The van der Waals surface area contributed by atoms with E-state index in [1.54, 1.807) is 0 Å². The number of carbonyl (C=O) groups excluding carboxylic acids is 1. The van der Waals surface area contributed by atoms with Crippen molar-refractivity contribution in [2.45, 2.75) is 71.3 Å². The standard InChI is InChI=1S/C17H31NO3S/c1-3-5-6-14-7-9-15(10-8-14)17(19)18(4-2)16-11-12-22(20,21)13-16/h14-16H,3-13H2,1-2H3. The first-order valence-corrected chi connectivity index (χ1v) is 10.8. The quantitative estimate of drug-likeness (QED) is 0.752. The molecule has 22 heavy (non-hydrogen) atoms. The third-order valence-electron chi connectivity index (χ3n) is 5.43. The van der Waals surface area contributed by atoms with E-state index in [0.29, 0.717) is 13.0 Å². The maximum atomic E-state index is 12.8. The van der Waals surface area contributed by atoms with Gasteiger partial charge in [0.2, 0.25) is 5.91 Å². The molecular formula is C17H31NO3S. The molecule has 0 aromatic carbocycles. The van der Waals surface area contributed by atoms with Crippen LogP contribution in [0.2, 0.25) is 0 Å². The van der Waals surface area contributed by atoms with E-state index in [-0.39, 0.29) is 29.4 Å². The van der Waals surface area contributed by atoms with E-state index in [4.69, 9.17) is 0 Å². The molecule has 1 heterocycles. The Hall–Kier alpha value is -0.580. The molecule has 0 bridgehead atoms. The molecule has 5 heteroatoms. The van der Waals surface area contributed by atoms with Crippen LogP contribution in [0.3, 0.4) is 0 Å². The van der Waals surface area contributed by atoms with Crippen LogP contribution in [0.4, 0.5) is 0 Å². The van der Waals surface area contributed by atoms with Gasteiger partial charge in [0.05, 0.1) is 11.5 Å². The molecular weight excluding hydrogens is 298 g/mol. The molecule has 128 valence electrons. The minimum atomic E-state index is -2.93. The van der Waals surface area contributed by atoms with Crippen LogP contribution < -0.4 is 0 Å². The van der Waals surface area contributed by atoms with Gasteiger partial charge in [-0.05, 0) is 44.9 Å². The number of sulfone groups is 1. The van der Waals surface area contributed by atoms with E-state index in [1.165, 1.54) is 19.3 Å². The molecule has 1 aliphatic heterocycles. The van der Waals surface area contributed by atoms with Gasteiger partial charge in [-0.1, -0.05) is 26.2 Å². The summed E-state index contributed by atoms with van der Waals surface area (Å²) in [6, 6.07) is -0.0830. The van der Waals surface area contributed by atoms with Crippen molar-refractivity contribution in [2.24, 2.45) is 11.8 Å². The molecule has 1 saturated carbocycles. The van der Waals surface area contributed by atoms with Gasteiger partial charge in [-0.15, -0.1) is 0 Å². The normalized spacial score (nSPS) is 31.1. The first kappa shape index (κ1) is 17.8. The first-order chi connectivity index (χ1) is 10.5. The van der Waals surface area contributed by atoms with E-state index in [9.17, 15) is 13.2 Å². The SMILES string of the molecule is CCCCC1CCC(C(=O)N(CC)C2CCS(=O)(=O)C2)CC1. The van der Waals surface area contributed by atoms with Crippen molar-refractivity contribution in [3.8, 4) is 0 Å². The summed E-state index contributed by atoms with van der Waals surface area (Å²) in [4.78, 5) is 14.6. The minimum Gasteiger partial charge on any atom is -0.339 e. The fourth-order valence-electron chi connectivity index (χ4n) is 4.04. The average molecular weight is 330 g/mol. The number of rotatable bonds is 6. The highest BCUT2D eigenvalue weighted by molar-refractivity contribution is 7.91. The molecule has 1 atom stereocenters. The molecule has 0 aromatic heterocycles. The van der Waals surface area contributed by atoms with Gasteiger partial charge in [0, 0.05) is 18.5 Å². The molecule has 0 N–H and O–H groups in total. The van der Waals surface area contributed by atoms with Crippen LogP contribution in [0.1, 0.15) is 65.2 Å². The lowest BCUT2D eigenvalue weighted by Gasteiger charge is -2.34. The van der Waals surface area contributed by atoms with E-state index in [0.717, 1.165) is 31.6 Å². The number of hydrogen-bond acceptors (Lipinski definition) is 3. The van der Waals surface area contributed by atoms with E-state index < -0.39 is 9.84 Å². The summed E-state index contributed by atoms with van der Waals surface area (Å²) >= 11 is 0. The Morgan fingerprint density at radius 2 is 1.77 bits per heavy atom. The zero-order valence-electron chi connectivity index (χ0n) is 14.1. The maximum absolute atomic E-state index is 12.8. The molecule has 2 aliphatic rings. The molecule has 1 saturated heterocycles. The Labute approximate surface area is 135 Å². The lowest BCUT2D eigenvalue weighted by atomic mass is 9.79. The van der Waals surface area contributed by atoms with Crippen LogP contribution in [-0.4, -0.2) is 43.3 Å². The van der Waals surface area contributed by atoms with Crippen molar-refractivity contribution in [3.63, 3.8) is 0 Å². The average Bonchev–Trinajstić information content (AvgIpc) is 2.86. The smallest absolute Gasteiger partial charge is 0.225 e. The van der Waals surface area contributed by atoms with Gasteiger partial charge in [-0.3, -0.25) is 4.79 Å². The maximum Gasteiger partial charge on any atom is 0.225 e. The molecule has 0 spiro atoms. The molecule has 4 nitrogen and oxygen atoms in total. The third kappa shape index (κ3) is 4.46. The molecule has 0 radical (unpaired) electrons. The van der Waals surface area contributed by atoms with Crippen molar-refractivity contribution in [3.05, 3.63) is 0 Å². The summed E-state index contributed by atoms with van der Waals surface area (Å²) in [7, 11) is -2.93. The second-order valence-electron chi connectivity index (χ2n) is 7.04. The number of nitrogens with zero attached hydrogens (tertiary/aromatic N) is 1. The summed E-state index contributed by atoms with van der Waals surface area (Å²) in [6.45, 7) is 4.83. The van der Waals surface area contributed by atoms with Crippen LogP contribution in [0.15, 0.2) is 0 Å². The largest absolute Gasteiger partial charge is 0.339 e. The summed E-state index contributed by atoms with van der Waals surface area (Å²) < 4.78 is 23.3. The predicted molar refractivity (Wildman–Crippen MR) is 89.4 cm³/mol. The Balaban J connectivity index is 1.88. The Morgan fingerprint density at radius 3 is 2.27 bits per heavy atom. The van der Waals surface area contributed by atoms with Gasteiger partial charge in [-0.25, -0.2) is 8.42 Å². The van der Waals surface area contributed by atoms with Gasteiger partial charge in [0.15, 0.2) is 9.84 Å². The molecule has 2 fully saturated rings. The van der Waals surface area contributed by atoms with Crippen molar-refractivity contribution < 1.29 is 13.2 Å².